The van der Waals surface area contributed by atoms with E-state index in [1.165, 1.54) is 0 Å². The van der Waals surface area contributed by atoms with E-state index >= 15 is 0 Å². The molecule has 0 aromatic rings. The van der Waals surface area contributed by atoms with E-state index in [0.717, 1.165) is 44.1 Å². The highest BCUT2D eigenvalue weighted by Gasteiger charge is 2.06. The fourth-order valence-corrected chi connectivity index (χ4v) is 1.41. The maximum atomic E-state index is 9.76. The van der Waals surface area contributed by atoms with Crippen LogP contribution in [0, 0.1) is 11.3 Å². The third-order valence-corrected chi connectivity index (χ3v) is 2.52. The summed E-state index contributed by atoms with van der Waals surface area (Å²) in [5.41, 5.74) is 0.951. The Morgan fingerprint density at radius 3 is 2.75 bits per heavy atom. The lowest BCUT2D eigenvalue weighted by molar-refractivity contribution is 0.197. The lowest BCUT2D eigenvalue weighted by Crippen LogP contribution is -2.08. The number of rotatable bonds is 9. The van der Waals surface area contributed by atoms with Crippen molar-refractivity contribution in [1.82, 2.24) is 0 Å². The second-order valence-corrected chi connectivity index (χ2v) is 4.02. The van der Waals surface area contributed by atoms with Gasteiger partial charge in [-0.15, -0.1) is 0 Å². The molecule has 0 fully saturated rings. The Morgan fingerprint density at radius 1 is 1.44 bits per heavy atom. The van der Waals surface area contributed by atoms with Crippen molar-refractivity contribution in [3.8, 4) is 6.07 Å². The van der Waals surface area contributed by atoms with Gasteiger partial charge in [0.05, 0.1) is 12.2 Å². The van der Waals surface area contributed by atoms with E-state index in [-0.39, 0.29) is 6.10 Å². The number of hydrogen-bond donors (Lipinski definition) is 1. The van der Waals surface area contributed by atoms with Gasteiger partial charge in [0, 0.05) is 6.42 Å². The van der Waals surface area contributed by atoms with E-state index in [1.54, 1.807) is 0 Å². The van der Waals surface area contributed by atoms with Crippen LogP contribution < -0.4 is 0 Å². The Labute approximate surface area is 99.3 Å². The van der Waals surface area contributed by atoms with Gasteiger partial charge < -0.3 is 5.11 Å². The first-order valence-electron chi connectivity index (χ1n) is 6.10. The number of aliphatic hydroxyl groups excluding tert-OH is 1. The molecular formula is C14H23NO. The predicted octanol–water partition coefficient (Wildman–Crippen LogP) is 3.73. The molecule has 0 radical (unpaired) electrons. The maximum absolute atomic E-state index is 9.76. The van der Waals surface area contributed by atoms with Crippen molar-refractivity contribution < 1.29 is 5.11 Å². The molecule has 90 valence electrons. The smallest absolute Gasteiger partial charge is 0.0750 e. The summed E-state index contributed by atoms with van der Waals surface area (Å²) >= 11 is 0. The van der Waals surface area contributed by atoms with Crippen LogP contribution in [0.1, 0.15) is 51.9 Å². The van der Waals surface area contributed by atoms with Crippen LogP contribution in [-0.2, 0) is 0 Å². The molecule has 0 saturated carbocycles. The van der Waals surface area contributed by atoms with Gasteiger partial charge in [0.15, 0.2) is 0 Å². The van der Waals surface area contributed by atoms with Gasteiger partial charge in [-0.1, -0.05) is 32.1 Å². The topological polar surface area (TPSA) is 44.0 Å². The fourth-order valence-electron chi connectivity index (χ4n) is 1.41. The van der Waals surface area contributed by atoms with Crippen molar-refractivity contribution >= 4 is 0 Å². The number of nitrogens with zero attached hydrogens (tertiary/aromatic N) is 1. The predicted molar refractivity (Wildman–Crippen MR) is 67.9 cm³/mol. The summed E-state index contributed by atoms with van der Waals surface area (Å²) in [6, 6.07) is 2.09. The first-order chi connectivity index (χ1) is 7.72. The Bertz CT molecular complexity index is 250. The minimum Gasteiger partial charge on any atom is -0.389 e. The van der Waals surface area contributed by atoms with Crippen molar-refractivity contribution in [1.29, 1.82) is 5.26 Å². The molecule has 0 aliphatic heterocycles. The molecule has 0 saturated heterocycles. The number of unbranched alkanes of at least 4 members (excludes halogenated alkanes) is 2. The summed E-state index contributed by atoms with van der Waals surface area (Å²) < 4.78 is 0. The van der Waals surface area contributed by atoms with Gasteiger partial charge in [0.25, 0.3) is 0 Å². The molecule has 0 spiro atoms. The second-order valence-electron chi connectivity index (χ2n) is 4.02. The molecule has 2 nitrogen and oxygen atoms in total. The zero-order valence-corrected chi connectivity index (χ0v) is 10.3. The van der Waals surface area contributed by atoms with Crippen LogP contribution in [0.2, 0.25) is 0 Å². The zero-order valence-electron chi connectivity index (χ0n) is 10.3. The average Bonchev–Trinajstić information content (AvgIpc) is 2.30. The highest BCUT2D eigenvalue weighted by atomic mass is 16.3. The number of allylic oxidation sites excluding steroid dienone is 2. The van der Waals surface area contributed by atoms with Gasteiger partial charge in [0.2, 0.25) is 0 Å². The van der Waals surface area contributed by atoms with E-state index < -0.39 is 0 Å². The van der Waals surface area contributed by atoms with Crippen LogP contribution in [0.5, 0.6) is 0 Å². The van der Waals surface area contributed by atoms with E-state index in [0.29, 0.717) is 6.42 Å². The second kappa shape index (κ2) is 10.4. The monoisotopic (exact) mass is 221 g/mol. The Morgan fingerprint density at radius 2 is 2.12 bits per heavy atom. The van der Waals surface area contributed by atoms with Crippen LogP contribution >= 0.6 is 0 Å². The summed E-state index contributed by atoms with van der Waals surface area (Å²) in [6.07, 6.45) is 9.82. The van der Waals surface area contributed by atoms with E-state index in [4.69, 9.17) is 5.26 Å². The van der Waals surface area contributed by atoms with Crippen molar-refractivity contribution in [2.24, 2.45) is 0 Å². The molecule has 0 aromatic heterocycles. The summed E-state index contributed by atoms with van der Waals surface area (Å²) in [6.45, 7) is 6.04. The third kappa shape index (κ3) is 8.26. The van der Waals surface area contributed by atoms with Crippen molar-refractivity contribution in [2.45, 2.75) is 58.0 Å². The van der Waals surface area contributed by atoms with Gasteiger partial charge in [-0.3, -0.25) is 0 Å². The molecule has 1 unspecified atom stereocenters. The van der Waals surface area contributed by atoms with Crippen LogP contribution in [-0.4, -0.2) is 11.2 Å². The molecule has 0 rings (SSSR count). The van der Waals surface area contributed by atoms with Crippen molar-refractivity contribution in [2.75, 3.05) is 0 Å². The van der Waals surface area contributed by atoms with Gasteiger partial charge in [-0.05, 0) is 37.7 Å². The standard InChI is InChI=1S/C14H23NO/c1-3-4-10-13(2)14(16)11-8-6-5-7-9-12-15/h5-6,14,16H,2-4,7-11H2,1H3/b6-5-. The van der Waals surface area contributed by atoms with E-state index in [2.05, 4.69) is 19.6 Å². The summed E-state index contributed by atoms with van der Waals surface area (Å²) in [4.78, 5) is 0. The molecule has 2 heteroatoms. The molecule has 16 heavy (non-hydrogen) atoms. The SMILES string of the molecule is C=C(CCCC)C(O)CC/C=C\CCC#N. The molecule has 0 aliphatic rings. The van der Waals surface area contributed by atoms with E-state index in [1.807, 2.05) is 12.2 Å². The van der Waals surface area contributed by atoms with Crippen LogP contribution in [0.15, 0.2) is 24.3 Å². The molecule has 0 bridgehead atoms. The van der Waals surface area contributed by atoms with Gasteiger partial charge >= 0.3 is 0 Å². The fraction of sp³-hybridized carbons (Fsp3) is 0.643. The molecule has 1 atom stereocenters. The number of nitriles is 1. The van der Waals surface area contributed by atoms with Gasteiger partial charge in [-0.25, -0.2) is 0 Å². The summed E-state index contributed by atoms with van der Waals surface area (Å²) in [7, 11) is 0. The summed E-state index contributed by atoms with van der Waals surface area (Å²) in [5, 5.41) is 18.1. The normalized spacial score (nSPS) is 12.6. The summed E-state index contributed by atoms with van der Waals surface area (Å²) in [5.74, 6) is 0. The zero-order chi connectivity index (χ0) is 12.2. The largest absolute Gasteiger partial charge is 0.389 e. The maximum Gasteiger partial charge on any atom is 0.0750 e. The number of hydrogen-bond acceptors (Lipinski definition) is 2. The molecule has 0 aromatic carbocycles. The van der Waals surface area contributed by atoms with Crippen LogP contribution in [0.4, 0.5) is 0 Å². The van der Waals surface area contributed by atoms with Crippen molar-refractivity contribution in [3.05, 3.63) is 24.3 Å². The first-order valence-corrected chi connectivity index (χ1v) is 6.10. The molecular weight excluding hydrogens is 198 g/mol. The molecule has 1 N–H and O–H groups in total. The quantitative estimate of drug-likeness (QED) is 0.476. The Hall–Kier alpha value is -1.07. The number of aliphatic hydroxyl groups is 1. The average molecular weight is 221 g/mol. The van der Waals surface area contributed by atoms with Gasteiger partial charge in [-0.2, -0.15) is 5.26 Å². The molecule has 0 heterocycles. The van der Waals surface area contributed by atoms with Crippen LogP contribution in [0.25, 0.3) is 0 Å². The van der Waals surface area contributed by atoms with E-state index in [9.17, 15) is 5.11 Å². The highest BCUT2D eigenvalue weighted by molar-refractivity contribution is 5.02. The minimum atomic E-state index is -0.368. The minimum absolute atomic E-state index is 0.368. The first kappa shape index (κ1) is 14.9. The highest BCUT2D eigenvalue weighted by Crippen LogP contribution is 2.14. The Kier molecular flexibility index (Phi) is 9.75. The molecule has 0 aliphatic carbocycles. The molecule has 0 amide bonds. The lowest BCUT2D eigenvalue weighted by Gasteiger charge is -2.12. The third-order valence-electron chi connectivity index (χ3n) is 2.52. The van der Waals surface area contributed by atoms with Gasteiger partial charge in [0.1, 0.15) is 0 Å². The Balaban J connectivity index is 3.56. The van der Waals surface area contributed by atoms with Crippen LogP contribution in [0.3, 0.4) is 0 Å². The van der Waals surface area contributed by atoms with Crippen molar-refractivity contribution in [3.63, 3.8) is 0 Å². The lowest BCUT2D eigenvalue weighted by atomic mass is 10.0.